The quantitative estimate of drug-likeness (QED) is 0.215. The minimum atomic E-state index is 0. The monoisotopic (exact) mass is 558 g/mol. The van der Waals surface area contributed by atoms with E-state index in [4.69, 9.17) is 21.7 Å². The van der Waals surface area contributed by atoms with Gasteiger partial charge >= 0.3 is 19.5 Å². The minimum Gasteiger partial charge on any atom is -0.494 e. The van der Waals surface area contributed by atoms with E-state index in [9.17, 15) is 0 Å². The molecule has 2 N–H and O–H groups in total. The van der Waals surface area contributed by atoms with Gasteiger partial charge in [-0.3, -0.25) is 6.08 Å². The number of hydrogen-bond donors (Lipinski definition) is 2. The van der Waals surface area contributed by atoms with Crippen molar-refractivity contribution in [1.29, 1.82) is 0 Å². The van der Waals surface area contributed by atoms with Gasteiger partial charge in [0.25, 0.3) is 0 Å². The van der Waals surface area contributed by atoms with Crippen molar-refractivity contribution in [3.05, 3.63) is 110 Å². The van der Waals surface area contributed by atoms with Gasteiger partial charge in [0.05, 0.1) is 13.2 Å². The van der Waals surface area contributed by atoms with E-state index in [0.29, 0.717) is 18.3 Å². The fraction of sp³-hybridized carbons (Fsp3) is 0.185. The zero-order valence-corrected chi connectivity index (χ0v) is 23.6. The second-order valence-electron chi connectivity index (χ2n) is 5.50. The van der Waals surface area contributed by atoms with Crippen molar-refractivity contribution >= 4 is 28.7 Å². The Morgan fingerprint density at radius 1 is 0.788 bits per heavy atom. The Hall–Kier alpha value is -2.17. The second kappa shape index (κ2) is 24.5. The van der Waals surface area contributed by atoms with Crippen molar-refractivity contribution in [3.8, 4) is 11.5 Å². The molecule has 6 heteroatoms. The summed E-state index contributed by atoms with van der Waals surface area (Å²) in [6.45, 7) is 5.24. The van der Waals surface area contributed by atoms with Gasteiger partial charge in [-0.05, 0) is 74.6 Å². The maximum Gasteiger partial charge on any atom is 6.00 e. The molecule has 2 aromatic rings. The van der Waals surface area contributed by atoms with Crippen LogP contribution in [0.2, 0.25) is 0 Å². The van der Waals surface area contributed by atoms with Gasteiger partial charge in [0.1, 0.15) is 11.5 Å². The standard InChI is InChI=1S/C17H20N2O2S.C5H5.5CH3.Ru/c1-3-20-15-9-5-13(6-10-15)18-17(22)19-14-7-11-16(12-8-14)21-4-2;1-2-4-5-3-1;;;;;;/h5-12H,3-4H2,1-2H3,(H2,18,19,22);1-3H,4H2;5*1H3;/q;6*-1;+6. The summed E-state index contributed by atoms with van der Waals surface area (Å²) in [5.74, 6) is 1.69. The third-order valence-electron chi connectivity index (χ3n) is 3.43. The molecule has 33 heavy (non-hydrogen) atoms. The van der Waals surface area contributed by atoms with Crippen molar-refractivity contribution in [2.75, 3.05) is 23.8 Å². The number of allylic oxidation sites excluding steroid dienone is 4. The molecule has 0 radical (unpaired) electrons. The summed E-state index contributed by atoms with van der Waals surface area (Å²) in [4.78, 5) is 0. The average molecular weight is 558 g/mol. The number of thiocarbonyl (C=S) groups is 1. The van der Waals surface area contributed by atoms with Gasteiger partial charge in [0, 0.05) is 11.4 Å². The normalized spacial score (nSPS) is 9.27. The fourth-order valence-electron chi connectivity index (χ4n) is 2.24. The molecule has 2 aromatic carbocycles. The van der Waals surface area contributed by atoms with Crippen LogP contribution in [-0.2, 0) is 19.5 Å². The first kappa shape index (κ1) is 41.1. The summed E-state index contributed by atoms with van der Waals surface area (Å²) in [5.41, 5.74) is 1.82. The van der Waals surface area contributed by atoms with Gasteiger partial charge in [-0.1, -0.05) is 0 Å². The van der Waals surface area contributed by atoms with Crippen LogP contribution in [0.25, 0.3) is 0 Å². The largest absolute Gasteiger partial charge is 6.00 e. The first-order valence-corrected chi connectivity index (χ1v) is 9.37. The Balaban J connectivity index is -0.000000212. The van der Waals surface area contributed by atoms with Crippen LogP contribution < -0.4 is 20.1 Å². The van der Waals surface area contributed by atoms with Crippen molar-refractivity contribution in [2.45, 2.75) is 20.3 Å². The molecule has 0 fully saturated rings. The van der Waals surface area contributed by atoms with Crippen molar-refractivity contribution in [1.82, 2.24) is 0 Å². The van der Waals surface area contributed by atoms with Crippen LogP contribution in [0, 0.1) is 43.2 Å². The van der Waals surface area contributed by atoms with Crippen molar-refractivity contribution in [3.63, 3.8) is 0 Å². The Kier molecular flexibility index (Phi) is 30.5. The van der Waals surface area contributed by atoms with Gasteiger partial charge in [0.2, 0.25) is 0 Å². The number of anilines is 2. The molecular weight excluding hydrogens is 517 g/mol. The zero-order valence-electron chi connectivity index (χ0n) is 21.1. The molecule has 3 rings (SSSR count). The Morgan fingerprint density at radius 3 is 1.42 bits per heavy atom. The summed E-state index contributed by atoms with van der Waals surface area (Å²) in [6.07, 6.45) is 10.0. The molecule has 0 saturated heterocycles. The molecule has 0 aromatic heterocycles. The summed E-state index contributed by atoms with van der Waals surface area (Å²) in [6, 6.07) is 15.3. The number of benzene rings is 2. The average Bonchev–Trinajstić information content (AvgIpc) is 3.25. The molecule has 0 unspecified atom stereocenters. The summed E-state index contributed by atoms with van der Waals surface area (Å²) in [7, 11) is 0. The SMILES string of the molecule is CCOc1ccc(NC(=S)Nc2ccc(OCC)cc2)cc1.[C-]1=CC=CC1.[CH3-].[CH3-].[CH3-].[CH3-].[CH3-].[Ru+6]. The van der Waals surface area contributed by atoms with Crippen LogP contribution in [0.3, 0.4) is 0 Å². The first-order valence-electron chi connectivity index (χ1n) is 8.96. The van der Waals surface area contributed by atoms with Gasteiger partial charge in [-0.2, -0.15) is 6.08 Å². The van der Waals surface area contributed by atoms with E-state index in [-0.39, 0.29) is 56.6 Å². The minimum absolute atomic E-state index is 0. The molecule has 4 nitrogen and oxygen atoms in total. The van der Waals surface area contributed by atoms with E-state index < -0.39 is 0 Å². The second-order valence-corrected chi connectivity index (χ2v) is 5.91. The molecule has 1 aliphatic rings. The van der Waals surface area contributed by atoms with Gasteiger partial charge in [-0.25, -0.2) is 12.2 Å². The van der Waals surface area contributed by atoms with E-state index in [1.54, 1.807) is 0 Å². The van der Waals surface area contributed by atoms with E-state index in [1.807, 2.05) is 74.5 Å². The van der Waals surface area contributed by atoms with Crippen LogP contribution >= 0.6 is 12.2 Å². The van der Waals surface area contributed by atoms with Crippen LogP contribution in [0.1, 0.15) is 20.3 Å². The molecule has 0 amide bonds. The van der Waals surface area contributed by atoms with Crippen molar-refractivity contribution < 1.29 is 29.0 Å². The van der Waals surface area contributed by atoms with Gasteiger partial charge in [0.15, 0.2) is 5.11 Å². The maximum absolute atomic E-state index is 5.40. The molecule has 1 aliphatic carbocycles. The first-order chi connectivity index (χ1) is 13.2. The fourth-order valence-corrected chi connectivity index (χ4v) is 2.47. The Bertz CT molecular complexity index is 697. The van der Waals surface area contributed by atoms with Crippen LogP contribution in [0.5, 0.6) is 11.5 Å². The Morgan fingerprint density at radius 2 is 1.18 bits per heavy atom. The summed E-state index contributed by atoms with van der Waals surface area (Å²) < 4.78 is 10.8. The molecule has 0 heterocycles. The maximum atomic E-state index is 5.40. The molecule has 184 valence electrons. The molecule has 0 atom stereocenters. The van der Waals surface area contributed by atoms with Crippen molar-refractivity contribution in [2.24, 2.45) is 0 Å². The molecule has 0 bridgehead atoms. The third kappa shape index (κ3) is 17.0. The van der Waals surface area contributed by atoms with E-state index in [2.05, 4.69) is 22.8 Å². The number of rotatable bonds is 6. The van der Waals surface area contributed by atoms with E-state index in [1.165, 1.54) is 0 Å². The zero-order chi connectivity index (χ0) is 19.3. The number of nitrogens with one attached hydrogen (secondary N) is 2. The molecule has 0 saturated carbocycles. The Labute approximate surface area is 222 Å². The van der Waals surface area contributed by atoms with Gasteiger partial charge < -0.3 is 57.2 Å². The van der Waals surface area contributed by atoms with Crippen LogP contribution in [0.4, 0.5) is 11.4 Å². The van der Waals surface area contributed by atoms with Crippen LogP contribution in [0.15, 0.2) is 66.8 Å². The van der Waals surface area contributed by atoms with E-state index >= 15 is 0 Å². The van der Waals surface area contributed by atoms with Crippen LogP contribution in [-0.4, -0.2) is 18.3 Å². The molecular formula is C27H40N2O2RuS. The van der Waals surface area contributed by atoms with Gasteiger partial charge in [-0.15, -0.1) is 6.42 Å². The molecule has 0 aliphatic heterocycles. The number of ether oxygens (including phenoxy) is 2. The van der Waals surface area contributed by atoms with E-state index in [0.717, 1.165) is 29.3 Å². The number of hydrogen-bond acceptors (Lipinski definition) is 3. The summed E-state index contributed by atoms with van der Waals surface area (Å²) >= 11 is 5.30. The smallest absolute Gasteiger partial charge is 0.494 e. The molecule has 0 spiro atoms. The predicted octanol–water partition coefficient (Wildman–Crippen LogP) is 7.85. The summed E-state index contributed by atoms with van der Waals surface area (Å²) in [5, 5.41) is 6.80. The predicted molar refractivity (Wildman–Crippen MR) is 149 cm³/mol. The third-order valence-corrected chi connectivity index (χ3v) is 3.64. The topological polar surface area (TPSA) is 42.5 Å².